The maximum atomic E-state index is 11.3. The molecule has 0 spiro atoms. The predicted molar refractivity (Wildman–Crippen MR) is 84.9 cm³/mol. The van der Waals surface area contributed by atoms with E-state index in [4.69, 9.17) is 0 Å². The first-order valence-corrected chi connectivity index (χ1v) is 7.52. The van der Waals surface area contributed by atoms with Crippen LogP contribution in [0.2, 0.25) is 0 Å². The molecule has 0 aliphatic carbocycles. The van der Waals surface area contributed by atoms with Gasteiger partial charge in [-0.25, -0.2) is 0 Å². The third kappa shape index (κ3) is 3.22. The first-order valence-electron chi connectivity index (χ1n) is 6.64. The van der Waals surface area contributed by atoms with Crippen molar-refractivity contribution in [2.75, 3.05) is 11.9 Å². The lowest BCUT2D eigenvalue weighted by molar-refractivity contribution is -0.384. The molecular formula is C15H18N2O3S. The van der Waals surface area contributed by atoms with E-state index >= 15 is 0 Å². The molecule has 2 atom stereocenters. The molecule has 21 heavy (non-hydrogen) atoms. The predicted octanol–water partition coefficient (Wildman–Crippen LogP) is 3.91. The fourth-order valence-electron chi connectivity index (χ4n) is 2.17. The van der Waals surface area contributed by atoms with Crippen molar-refractivity contribution in [1.29, 1.82) is 0 Å². The number of anilines is 1. The first kappa shape index (κ1) is 15.5. The Labute approximate surface area is 127 Å². The number of aliphatic hydroxyl groups is 1. The molecule has 112 valence electrons. The number of hydrogen-bond donors (Lipinski definition) is 1. The van der Waals surface area contributed by atoms with Crippen LogP contribution in [0, 0.1) is 10.1 Å². The monoisotopic (exact) mass is 306 g/mol. The lowest BCUT2D eigenvalue weighted by Gasteiger charge is -2.26. The fraction of sp³-hybridized carbons (Fsp3) is 0.333. The maximum Gasteiger partial charge on any atom is 0.292 e. The van der Waals surface area contributed by atoms with Crippen molar-refractivity contribution >= 4 is 22.7 Å². The summed E-state index contributed by atoms with van der Waals surface area (Å²) in [4.78, 5) is 13.9. The van der Waals surface area contributed by atoms with Gasteiger partial charge in [0.1, 0.15) is 5.69 Å². The molecule has 0 aliphatic rings. The number of rotatable bonds is 5. The molecule has 1 aromatic carbocycles. The molecule has 0 saturated carbocycles. The number of benzene rings is 1. The number of nitro benzene ring substituents is 1. The highest BCUT2D eigenvalue weighted by Crippen LogP contribution is 2.35. The third-order valence-electron chi connectivity index (χ3n) is 3.59. The zero-order valence-electron chi connectivity index (χ0n) is 12.2. The van der Waals surface area contributed by atoms with Crippen molar-refractivity contribution in [3.63, 3.8) is 0 Å². The number of thiophene rings is 1. The van der Waals surface area contributed by atoms with Gasteiger partial charge < -0.3 is 10.0 Å². The van der Waals surface area contributed by atoms with E-state index in [1.54, 1.807) is 30.4 Å². The minimum atomic E-state index is -0.724. The van der Waals surface area contributed by atoms with Crippen LogP contribution in [0.5, 0.6) is 0 Å². The Balaban J connectivity index is 2.40. The highest BCUT2D eigenvalue weighted by Gasteiger charge is 2.23. The van der Waals surface area contributed by atoms with Crippen LogP contribution in [0.4, 0.5) is 11.4 Å². The summed E-state index contributed by atoms with van der Waals surface area (Å²) in [6, 6.07) is 8.89. The summed E-state index contributed by atoms with van der Waals surface area (Å²) in [6.07, 6.45) is -0.724. The lowest BCUT2D eigenvalue weighted by Crippen LogP contribution is -2.22. The molecule has 0 radical (unpaired) electrons. The third-order valence-corrected chi connectivity index (χ3v) is 4.64. The van der Waals surface area contributed by atoms with E-state index in [0.717, 1.165) is 4.88 Å². The van der Waals surface area contributed by atoms with Crippen molar-refractivity contribution in [1.82, 2.24) is 0 Å². The van der Waals surface area contributed by atoms with E-state index in [9.17, 15) is 15.2 Å². The lowest BCUT2D eigenvalue weighted by atomic mass is 10.1. The molecule has 2 aromatic rings. The molecule has 2 rings (SSSR count). The highest BCUT2D eigenvalue weighted by molar-refractivity contribution is 7.10. The van der Waals surface area contributed by atoms with Gasteiger partial charge in [-0.3, -0.25) is 10.1 Å². The summed E-state index contributed by atoms with van der Waals surface area (Å²) in [5.41, 5.74) is 1.10. The molecule has 0 amide bonds. The Morgan fingerprint density at radius 2 is 2.05 bits per heavy atom. The molecule has 1 N–H and O–H groups in total. The zero-order chi connectivity index (χ0) is 15.6. The van der Waals surface area contributed by atoms with E-state index in [2.05, 4.69) is 0 Å². The maximum absolute atomic E-state index is 11.3. The molecule has 0 aliphatic heterocycles. The van der Waals surface area contributed by atoms with Crippen molar-refractivity contribution in [3.8, 4) is 0 Å². The second-order valence-electron chi connectivity index (χ2n) is 4.98. The van der Waals surface area contributed by atoms with Crippen molar-refractivity contribution < 1.29 is 10.0 Å². The van der Waals surface area contributed by atoms with Crippen molar-refractivity contribution in [2.45, 2.75) is 26.0 Å². The summed E-state index contributed by atoms with van der Waals surface area (Å²) < 4.78 is 0. The average molecular weight is 306 g/mol. The summed E-state index contributed by atoms with van der Waals surface area (Å²) in [7, 11) is 1.84. The van der Waals surface area contributed by atoms with Crippen LogP contribution < -0.4 is 4.90 Å². The Bertz CT molecular complexity index is 626. The van der Waals surface area contributed by atoms with Gasteiger partial charge in [0.2, 0.25) is 0 Å². The normalized spacial score (nSPS) is 13.7. The summed E-state index contributed by atoms with van der Waals surface area (Å²) in [6.45, 7) is 3.61. The van der Waals surface area contributed by atoms with E-state index in [0.29, 0.717) is 11.3 Å². The second-order valence-corrected chi connectivity index (χ2v) is 5.96. The molecule has 1 unspecified atom stereocenters. The molecule has 0 fully saturated rings. The van der Waals surface area contributed by atoms with Crippen molar-refractivity contribution in [2.24, 2.45) is 0 Å². The minimum Gasteiger partial charge on any atom is -0.389 e. The van der Waals surface area contributed by atoms with Gasteiger partial charge in [0, 0.05) is 18.0 Å². The number of nitro groups is 1. The highest BCUT2D eigenvalue weighted by atomic mass is 32.1. The van der Waals surface area contributed by atoms with E-state index in [1.807, 2.05) is 36.4 Å². The molecule has 0 saturated heterocycles. The minimum absolute atomic E-state index is 0.0132. The van der Waals surface area contributed by atoms with Gasteiger partial charge >= 0.3 is 0 Å². The standard InChI is InChI=1S/C15H18N2O3S/c1-10(15-5-4-8-21-15)16(3)13-7-6-12(11(2)18)9-14(13)17(19)20/h4-11,18H,1-3H3/t10?,11-/m0/s1. The first-order chi connectivity index (χ1) is 9.91. The quantitative estimate of drug-likeness (QED) is 0.672. The smallest absolute Gasteiger partial charge is 0.292 e. The molecular weight excluding hydrogens is 288 g/mol. The summed E-state index contributed by atoms with van der Waals surface area (Å²) in [5.74, 6) is 0. The van der Waals surface area contributed by atoms with Gasteiger partial charge in [0.25, 0.3) is 5.69 Å². The Morgan fingerprint density at radius 1 is 1.33 bits per heavy atom. The van der Waals surface area contributed by atoms with Gasteiger partial charge in [-0.1, -0.05) is 12.1 Å². The Morgan fingerprint density at radius 3 is 2.57 bits per heavy atom. The van der Waals surface area contributed by atoms with E-state index in [-0.39, 0.29) is 11.7 Å². The summed E-state index contributed by atoms with van der Waals surface area (Å²) in [5, 5.41) is 22.9. The number of aliphatic hydroxyl groups excluding tert-OH is 1. The van der Waals surface area contributed by atoms with Gasteiger partial charge in [0.15, 0.2) is 0 Å². The van der Waals surface area contributed by atoms with Crippen LogP contribution in [0.1, 0.15) is 36.4 Å². The van der Waals surface area contributed by atoms with Crippen LogP contribution in [0.25, 0.3) is 0 Å². The number of nitrogens with zero attached hydrogens (tertiary/aromatic N) is 2. The SMILES string of the molecule is CC(c1cccs1)N(C)c1ccc([C@H](C)O)cc1[N+](=O)[O-]. The molecule has 6 heteroatoms. The van der Waals surface area contributed by atoms with Gasteiger partial charge in [-0.05, 0) is 36.9 Å². The van der Waals surface area contributed by atoms with Crippen LogP contribution in [-0.4, -0.2) is 17.1 Å². The van der Waals surface area contributed by atoms with Crippen LogP contribution in [-0.2, 0) is 0 Å². The van der Waals surface area contributed by atoms with Crippen molar-refractivity contribution in [3.05, 3.63) is 56.3 Å². The van der Waals surface area contributed by atoms with Crippen LogP contribution in [0.15, 0.2) is 35.7 Å². The van der Waals surface area contributed by atoms with Crippen LogP contribution in [0.3, 0.4) is 0 Å². The summed E-state index contributed by atoms with van der Waals surface area (Å²) >= 11 is 1.62. The number of hydrogen-bond acceptors (Lipinski definition) is 5. The van der Waals surface area contributed by atoms with Gasteiger partial charge in [0.05, 0.1) is 17.1 Å². The van der Waals surface area contributed by atoms with Gasteiger partial charge in [-0.2, -0.15) is 0 Å². The fourth-order valence-corrected chi connectivity index (χ4v) is 3.00. The topological polar surface area (TPSA) is 66.6 Å². The van der Waals surface area contributed by atoms with E-state index < -0.39 is 11.0 Å². The largest absolute Gasteiger partial charge is 0.389 e. The second kappa shape index (κ2) is 6.24. The Hall–Kier alpha value is -1.92. The molecule has 5 nitrogen and oxygen atoms in total. The zero-order valence-corrected chi connectivity index (χ0v) is 13.0. The molecule has 1 heterocycles. The molecule has 1 aromatic heterocycles. The average Bonchev–Trinajstić information content (AvgIpc) is 2.99. The van der Waals surface area contributed by atoms with E-state index in [1.165, 1.54) is 6.07 Å². The Kier molecular flexibility index (Phi) is 4.59. The van der Waals surface area contributed by atoms with Gasteiger partial charge in [-0.15, -0.1) is 11.3 Å². The van der Waals surface area contributed by atoms with Crippen LogP contribution >= 0.6 is 11.3 Å². The molecule has 0 bridgehead atoms.